The molecular weight excluding hydrogens is 222 g/mol. The Hall–Kier alpha value is -1.78. The molecule has 5 heteroatoms. The molecule has 0 aliphatic carbocycles. The largest absolute Gasteiger partial charge is 0.481 e. The molecule has 0 aliphatic rings. The van der Waals surface area contributed by atoms with Crippen molar-refractivity contribution in [3.05, 3.63) is 23.7 Å². The van der Waals surface area contributed by atoms with Crippen LogP contribution in [0.25, 0.3) is 0 Å². The first kappa shape index (κ1) is 13.3. The molecule has 94 valence electrons. The van der Waals surface area contributed by atoms with Crippen LogP contribution in [0, 0.1) is 12.8 Å². The average molecular weight is 239 g/mol. The highest BCUT2D eigenvalue weighted by atomic mass is 16.4. The minimum Gasteiger partial charge on any atom is -0.481 e. The third-order valence-electron chi connectivity index (χ3n) is 2.64. The van der Waals surface area contributed by atoms with Crippen LogP contribution in [-0.2, 0) is 4.79 Å². The van der Waals surface area contributed by atoms with Crippen molar-refractivity contribution < 1.29 is 19.1 Å². The van der Waals surface area contributed by atoms with Gasteiger partial charge in [0.15, 0.2) is 5.76 Å². The van der Waals surface area contributed by atoms with Gasteiger partial charge in [-0.2, -0.15) is 0 Å². The summed E-state index contributed by atoms with van der Waals surface area (Å²) in [7, 11) is 0. The minimum atomic E-state index is -0.910. The number of aliphatic carboxylic acids is 1. The second-order valence-electron chi connectivity index (χ2n) is 4.02. The van der Waals surface area contributed by atoms with E-state index in [0.29, 0.717) is 6.54 Å². The fraction of sp³-hybridized carbons (Fsp3) is 0.500. The van der Waals surface area contributed by atoms with Crippen molar-refractivity contribution in [1.29, 1.82) is 0 Å². The predicted molar refractivity (Wildman–Crippen MR) is 61.8 cm³/mol. The molecule has 0 aromatic carbocycles. The fourth-order valence-corrected chi connectivity index (χ4v) is 1.50. The van der Waals surface area contributed by atoms with Crippen molar-refractivity contribution >= 4 is 11.9 Å². The SMILES string of the molecule is CCN(CC(C)C(=O)O)C(=O)c1occc1C. The van der Waals surface area contributed by atoms with Gasteiger partial charge in [-0.1, -0.05) is 6.92 Å². The highest BCUT2D eigenvalue weighted by Gasteiger charge is 2.23. The van der Waals surface area contributed by atoms with Gasteiger partial charge in [0.2, 0.25) is 0 Å². The summed E-state index contributed by atoms with van der Waals surface area (Å²) in [4.78, 5) is 24.3. The molecule has 0 saturated heterocycles. The molecule has 5 nitrogen and oxygen atoms in total. The number of carboxylic acid groups (broad SMARTS) is 1. The van der Waals surface area contributed by atoms with Crippen LogP contribution in [0.4, 0.5) is 0 Å². The molecule has 0 fully saturated rings. The van der Waals surface area contributed by atoms with E-state index in [2.05, 4.69) is 0 Å². The van der Waals surface area contributed by atoms with Gasteiger partial charge in [-0.3, -0.25) is 9.59 Å². The van der Waals surface area contributed by atoms with Crippen molar-refractivity contribution in [1.82, 2.24) is 4.90 Å². The number of hydrogen-bond acceptors (Lipinski definition) is 3. The van der Waals surface area contributed by atoms with Gasteiger partial charge in [0.1, 0.15) is 0 Å². The molecule has 17 heavy (non-hydrogen) atoms. The Kier molecular flexibility index (Phi) is 4.31. The summed E-state index contributed by atoms with van der Waals surface area (Å²) in [5.74, 6) is -1.48. The highest BCUT2D eigenvalue weighted by Crippen LogP contribution is 2.13. The number of amides is 1. The van der Waals surface area contributed by atoms with E-state index in [1.807, 2.05) is 6.92 Å². The van der Waals surface area contributed by atoms with Gasteiger partial charge in [-0.05, 0) is 19.9 Å². The molecule has 1 heterocycles. The minimum absolute atomic E-state index is 0.185. The van der Waals surface area contributed by atoms with E-state index in [4.69, 9.17) is 9.52 Å². The lowest BCUT2D eigenvalue weighted by molar-refractivity contribution is -0.141. The standard InChI is InChI=1S/C12H17NO4/c1-4-13(7-9(3)12(15)16)11(14)10-8(2)5-6-17-10/h5-6,9H,4,7H2,1-3H3,(H,15,16). The lowest BCUT2D eigenvalue weighted by atomic mass is 10.1. The Labute approximate surface area is 100 Å². The number of aryl methyl sites for hydroxylation is 1. The van der Waals surface area contributed by atoms with Gasteiger partial charge >= 0.3 is 5.97 Å². The Morgan fingerprint density at radius 1 is 1.53 bits per heavy atom. The number of carbonyl (C=O) groups excluding carboxylic acids is 1. The molecule has 1 amide bonds. The van der Waals surface area contributed by atoms with Crippen LogP contribution in [0.1, 0.15) is 30.0 Å². The second-order valence-corrected chi connectivity index (χ2v) is 4.02. The molecule has 1 rings (SSSR count). The Bertz CT molecular complexity index is 410. The first-order chi connectivity index (χ1) is 7.97. The molecular formula is C12H17NO4. The number of rotatable bonds is 5. The first-order valence-corrected chi connectivity index (χ1v) is 5.53. The summed E-state index contributed by atoms with van der Waals surface area (Å²) in [6.07, 6.45) is 1.46. The van der Waals surface area contributed by atoms with Crippen LogP contribution in [0.2, 0.25) is 0 Å². The molecule has 0 aliphatic heterocycles. The molecule has 1 aromatic heterocycles. The number of carbonyl (C=O) groups is 2. The molecule has 1 atom stereocenters. The summed E-state index contributed by atoms with van der Waals surface area (Å²) < 4.78 is 5.11. The zero-order chi connectivity index (χ0) is 13.0. The van der Waals surface area contributed by atoms with Gasteiger partial charge in [0.05, 0.1) is 12.2 Å². The molecule has 0 saturated carbocycles. The van der Waals surface area contributed by atoms with E-state index in [1.54, 1.807) is 19.9 Å². The lowest BCUT2D eigenvalue weighted by Crippen LogP contribution is -2.36. The maximum Gasteiger partial charge on any atom is 0.308 e. The Balaban J connectivity index is 2.78. The predicted octanol–water partition coefficient (Wildman–Crippen LogP) is 1.77. The summed E-state index contributed by atoms with van der Waals surface area (Å²) in [6.45, 7) is 5.81. The molecule has 1 N–H and O–H groups in total. The van der Waals surface area contributed by atoms with Gasteiger partial charge in [-0.15, -0.1) is 0 Å². The fourth-order valence-electron chi connectivity index (χ4n) is 1.50. The third kappa shape index (κ3) is 3.09. The van der Waals surface area contributed by atoms with Crippen molar-refractivity contribution in [2.45, 2.75) is 20.8 Å². The smallest absolute Gasteiger partial charge is 0.308 e. The third-order valence-corrected chi connectivity index (χ3v) is 2.64. The van der Waals surface area contributed by atoms with Gasteiger partial charge in [0.25, 0.3) is 5.91 Å². The Morgan fingerprint density at radius 2 is 2.18 bits per heavy atom. The zero-order valence-electron chi connectivity index (χ0n) is 10.3. The van der Waals surface area contributed by atoms with Crippen molar-refractivity contribution in [2.75, 3.05) is 13.1 Å². The second kappa shape index (κ2) is 5.52. The number of nitrogens with zero attached hydrogens (tertiary/aromatic N) is 1. The average Bonchev–Trinajstić information content (AvgIpc) is 2.70. The normalized spacial score (nSPS) is 12.2. The van der Waals surface area contributed by atoms with Crippen LogP contribution in [-0.4, -0.2) is 35.0 Å². The summed E-state index contributed by atoms with van der Waals surface area (Å²) in [5, 5.41) is 8.83. The summed E-state index contributed by atoms with van der Waals surface area (Å²) in [6, 6.07) is 1.71. The highest BCUT2D eigenvalue weighted by molar-refractivity contribution is 5.93. The maximum atomic E-state index is 12.1. The summed E-state index contributed by atoms with van der Waals surface area (Å²) in [5.41, 5.74) is 0.761. The van der Waals surface area contributed by atoms with Crippen molar-refractivity contribution in [3.8, 4) is 0 Å². The number of furan rings is 1. The van der Waals surface area contributed by atoms with E-state index in [-0.39, 0.29) is 18.2 Å². The van der Waals surface area contributed by atoms with Crippen LogP contribution >= 0.6 is 0 Å². The Morgan fingerprint density at radius 3 is 2.59 bits per heavy atom. The van der Waals surface area contributed by atoms with Crippen LogP contribution in [0.5, 0.6) is 0 Å². The molecule has 0 spiro atoms. The van der Waals surface area contributed by atoms with Crippen LogP contribution in [0.15, 0.2) is 16.7 Å². The molecule has 0 radical (unpaired) electrons. The number of hydrogen-bond donors (Lipinski definition) is 1. The molecule has 1 aromatic rings. The van der Waals surface area contributed by atoms with E-state index >= 15 is 0 Å². The number of carboxylic acids is 1. The quantitative estimate of drug-likeness (QED) is 0.850. The van der Waals surface area contributed by atoms with Gasteiger partial charge in [-0.25, -0.2) is 0 Å². The van der Waals surface area contributed by atoms with E-state index < -0.39 is 11.9 Å². The van der Waals surface area contributed by atoms with Gasteiger partial charge < -0.3 is 14.4 Å². The lowest BCUT2D eigenvalue weighted by Gasteiger charge is -2.22. The van der Waals surface area contributed by atoms with Crippen molar-refractivity contribution in [2.24, 2.45) is 5.92 Å². The topological polar surface area (TPSA) is 70.8 Å². The molecule has 1 unspecified atom stereocenters. The maximum absolute atomic E-state index is 12.1. The first-order valence-electron chi connectivity index (χ1n) is 5.53. The van der Waals surface area contributed by atoms with E-state index in [9.17, 15) is 9.59 Å². The van der Waals surface area contributed by atoms with Crippen molar-refractivity contribution in [3.63, 3.8) is 0 Å². The zero-order valence-corrected chi connectivity index (χ0v) is 10.3. The van der Waals surface area contributed by atoms with Crippen LogP contribution in [0.3, 0.4) is 0 Å². The molecule has 0 bridgehead atoms. The van der Waals surface area contributed by atoms with Gasteiger partial charge in [0, 0.05) is 18.7 Å². The monoisotopic (exact) mass is 239 g/mol. The summed E-state index contributed by atoms with van der Waals surface area (Å²) >= 11 is 0. The van der Waals surface area contributed by atoms with E-state index in [1.165, 1.54) is 11.2 Å². The van der Waals surface area contributed by atoms with E-state index in [0.717, 1.165) is 5.56 Å². The van der Waals surface area contributed by atoms with Crippen LogP contribution < -0.4 is 0 Å².